The fraction of sp³-hybridized carbons (Fsp3) is 0.409. The number of ether oxygens (including phenoxy) is 3. The van der Waals surface area contributed by atoms with Gasteiger partial charge in [-0.15, -0.1) is 0 Å². The smallest absolute Gasteiger partial charge is 0.217 e. The molecule has 0 radical (unpaired) electrons. The van der Waals surface area contributed by atoms with Gasteiger partial charge in [-0.3, -0.25) is 4.79 Å². The molecule has 0 aromatic heterocycles. The third kappa shape index (κ3) is 6.09. The van der Waals surface area contributed by atoms with Crippen molar-refractivity contribution in [3.05, 3.63) is 71.8 Å². The summed E-state index contributed by atoms with van der Waals surface area (Å²) in [5, 5.41) is 23.8. The summed E-state index contributed by atoms with van der Waals surface area (Å²) in [4.78, 5) is 11.6. The zero-order valence-corrected chi connectivity index (χ0v) is 16.3. The number of nitrogens with one attached hydrogen (secondary N) is 1. The van der Waals surface area contributed by atoms with E-state index in [1.807, 2.05) is 60.7 Å². The molecule has 29 heavy (non-hydrogen) atoms. The lowest BCUT2D eigenvalue weighted by atomic mass is 9.96. The molecule has 1 amide bonds. The fourth-order valence-corrected chi connectivity index (χ4v) is 3.29. The first-order valence-corrected chi connectivity index (χ1v) is 9.60. The van der Waals surface area contributed by atoms with E-state index in [1.165, 1.54) is 6.92 Å². The van der Waals surface area contributed by atoms with Crippen LogP contribution in [0.5, 0.6) is 0 Å². The number of amides is 1. The molecule has 1 aliphatic rings. The van der Waals surface area contributed by atoms with Crippen LogP contribution in [0.1, 0.15) is 18.1 Å². The molecule has 3 N–H and O–H groups in total. The van der Waals surface area contributed by atoms with Gasteiger partial charge < -0.3 is 29.7 Å². The summed E-state index contributed by atoms with van der Waals surface area (Å²) < 4.78 is 17.1. The van der Waals surface area contributed by atoms with Gasteiger partial charge in [-0.05, 0) is 11.1 Å². The first kappa shape index (κ1) is 21.4. The van der Waals surface area contributed by atoms with E-state index in [9.17, 15) is 15.0 Å². The molecule has 2 aromatic rings. The van der Waals surface area contributed by atoms with Crippen LogP contribution in [0.15, 0.2) is 60.7 Å². The molecule has 3 rings (SSSR count). The number of benzene rings is 2. The van der Waals surface area contributed by atoms with Crippen molar-refractivity contribution in [1.29, 1.82) is 0 Å². The second-order valence-electron chi connectivity index (χ2n) is 7.04. The van der Waals surface area contributed by atoms with Crippen LogP contribution in [-0.4, -0.2) is 53.4 Å². The van der Waals surface area contributed by atoms with Crippen LogP contribution in [0.2, 0.25) is 0 Å². The summed E-state index contributed by atoms with van der Waals surface area (Å²) in [5.74, 6) is -0.350. The highest BCUT2D eigenvalue weighted by Gasteiger charge is 2.46. The number of aliphatic hydroxyl groups is 2. The summed E-state index contributed by atoms with van der Waals surface area (Å²) in [6.45, 7) is 1.99. The van der Waals surface area contributed by atoms with Gasteiger partial charge in [0.2, 0.25) is 5.91 Å². The number of carbonyl (C=O) groups excluding carboxylic acids is 1. The highest BCUT2D eigenvalue weighted by Crippen LogP contribution is 2.24. The van der Waals surface area contributed by atoms with Crippen molar-refractivity contribution in [2.45, 2.75) is 50.8 Å². The van der Waals surface area contributed by atoms with E-state index >= 15 is 0 Å². The van der Waals surface area contributed by atoms with Crippen LogP contribution in [0.4, 0.5) is 0 Å². The highest BCUT2D eigenvalue weighted by atomic mass is 16.6. The molecule has 0 saturated carbocycles. The van der Waals surface area contributed by atoms with Crippen LogP contribution in [0.3, 0.4) is 0 Å². The fourth-order valence-electron chi connectivity index (χ4n) is 3.29. The van der Waals surface area contributed by atoms with Gasteiger partial charge in [-0.2, -0.15) is 0 Å². The molecule has 0 bridgehead atoms. The monoisotopic (exact) mass is 401 g/mol. The van der Waals surface area contributed by atoms with Crippen LogP contribution >= 0.6 is 0 Å². The molecule has 0 aliphatic carbocycles. The maximum atomic E-state index is 11.6. The maximum absolute atomic E-state index is 11.6. The molecular formula is C22H27NO6. The SMILES string of the molecule is CC(=O)N[C@H]1[C@@H](OCc2ccccc2)[C@H](O)[C@@H](COCc2ccccc2)O[C@@H]1O. The average molecular weight is 401 g/mol. The Morgan fingerprint density at radius 3 is 2.17 bits per heavy atom. The number of hydrogen-bond donors (Lipinski definition) is 3. The molecule has 1 saturated heterocycles. The van der Waals surface area contributed by atoms with E-state index < -0.39 is 30.6 Å². The van der Waals surface area contributed by atoms with Gasteiger partial charge in [0.15, 0.2) is 6.29 Å². The molecule has 1 aliphatic heterocycles. The van der Waals surface area contributed by atoms with E-state index in [4.69, 9.17) is 14.2 Å². The molecule has 2 aromatic carbocycles. The van der Waals surface area contributed by atoms with Crippen molar-refractivity contribution < 1.29 is 29.2 Å². The number of rotatable bonds is 8. The Hall–Kier alpha value is -2.29. The minimum atomic E-state index is -1.33. The predicted octanol–water partition coefficient (Wildman–Crippen LogP) is 1.37. The van der Waals surface area contributed by atoms with Crippen molar-refractivity contribution >= 4 is 5.91 Å². The van der Waals surface area contributed by atoms with Crippen LogP contribution in [0.25, 0.3) is 0 Å². The largest absolute Gasteiger partial charge is 0.388 e. The van der Waals surface area contributed by atoms with Crippen molar-refractivity contribution in [3.8, 4) is 0 Å². The van der Waals surface area contributed by atoms with Crippen molar-refractivity contribution in [1.82, 2.24) is 5.32 Å². The van der Waals surface area contributed by atoms with Gasteiger partial charge in [0.25, 0.3) is 0 Å². The second kappa shape index (κ2) is 10.5. The standard InChI is InChI=1S/C22H27NO6/c1-15(24)23-19-21(28-13-17-10-6-3-7-11-17)20(25)18(29-22(19)26)14-27-12-16-8-4-2-5-9-16/h2-11,18-22,25-26H,12-14H2,1H3,(H,23,24)/t18-,19+,20-,21-,22+/m1/s1. The van der Waals surface area contributed by atoms with Gasteiger partial charge in [0.1, 0.15) is 24.4 Å². The Balaban J connectivity index is 1.64. The lowest BCUT2D eigenvalue weighted by Gasteiger charge is -2.42. The normalized spacial score (nSPS) is 26.8. The van der Waals surface area contributed by atoms with E-state index in [-0.39, 0.29) is 19.1 Å². The summed E-state index contributed by atoms with van der Waals surface area (Å²) >= 11 is 0. The Morgan fingerprint density at radius 2 is 1.59 bits per heavy atom. The molecule has 7 nitrogen and oxygen atoms in total. The highest BCUT2D eigenvalue weighted by molar-refractivity contribution is 5.73. The van der Waals surface area contributed by atoms with Gasteiger partial charge in [-0.25, -0.2) is 0 Å². The van der Waals surface area contributed by atoms with E-state index in [0.29, 0.717) is 6.61 Å². The van der Waals surface area contributed by atoms with Crippen LogP contribution < -0.4 is 5.32 Å². The summed E-state index contributed by atoms with van der Waals surface area (Å²) in [6.07, 6.45) is -4.06. The molecule has 0 unspecified atom stereocenters. The molecule has 7 heteroatoms. The minimum absolute atomic E-state index is 0.0745. The molecule has 1 fully saturated rings. The second-order valence-corrected chi connectivity index (χ2v) is 7.04. The predicted molar refractivity (Wildman–Crippen MR) is 106 cm³/mol. The van der Waals surface area contributed by atoms with Crippen LogP contribution in [0, 0.1) is 0 Å². The number of hydrogen-bond acceptors (Lipinski definition) is 6. The van der Waals surface area contributed by atoms with Crippen molar-refractivity contribution in [2.24, 2.45) is 0 Å². The third-order valence-corrected chi connectivity index (χ3v) is 4.74. The first-order chi connectivity index (χ1) is 14.0. The quantitative estimate of drug-likeness (QED) is 0.618. The summed E-state index contributed by atoms with van der Waals surface area (Å²) in [5.41, 5.74) is 1.91. The maximum Gasteiger partial charge on any atom is 0.217 e. The van der Waals surface area contributed by atoms with E-state index in [1.54, 1.807) is 0 Å². The topological polar surface area (TPSA) is 97.3 Å². The molecular weight excluding hydrogens is 374 g/mol. The van der Waals surface area contributed by atoms with Crippen molar-refractivity contribution in [3.63, 3.8) is 0 Å². The van der Waals surface area contributed by atoms with Crippen molar-refractivity contribution in [2.75, 3.05) is 6.61 Å². The number of carbonyl (C=O) groups is 1. The first-order valence-electron chi connectivity index (χ1n) is 9.60. The Labute approximate surface area is 170 Å². The minimum Gasteiger partial charge on any atom is -0.388 e. The van der Waals surface area contributed by atoms with Gasteiger partial charge in [0.05, 0.1) is 19.8 Å². The molecule has 0 spiro atoms. The molecule has 1 heterocycles. The zero-order chi connectivity index (χ0) is 20.6. The van der Waals surface area contributed by atoms with E-state index in [2.05, 4.69) is 5.32 Å². The average Bonchev–Trinajstić information content (AvgIpc) is 2.72. The lowest BCUT2D eigenvalue weighted by Crippen LogP contribution is -2.64. The lowest BCUT2D eigenvalue weighted by molar-refractivity contribution is -0.266. The Bertz CT molecular complexity index is 756. The van der Waals surface area contributed by atoms with Gasteiger partial charge >= 0.3 is 0 Å². The van der Waals surface area contributed by atoms with E-state index in [0.717, 1.165) is 11.1 Å². The number of aliphatic hydroxyl groups excluding tert-OH is 2. The van der Waals surface area contributed by atoms with Crippen LogP contribution in [-0.2, 0) is 32.2 Å². The Kier molecular flexibility index (Phi) is 7.74. The zero-order valence-electron chi connectivity index (χ0n) is 16.3. The molecule has 156 valence electrons. The van der Waals surface area contributed by atoms with Gasteiger partial charge in [0, 0.05) is 6.92 Å². The summed E-state index contributed by atoms with van der Waals surface area (Å²) in [7, 11) is 0. The van der Waals surface area contributed by atoms with Gasteiger partial charge in [-0.1, -0.05) is 60.7 Å². The third-order valence-electron chi connectivity index (χ3n) is 4.74. The Morgan fingerprint density at radius 1 is 1.00 bits per heavy atom. The molecule has 5 atom stereocenters. The summed E-state index contributed by atoms with van der Waals surface area (Å²) in [6, 6.07) is 18.2.